The number of amides is 1. The van der Waals surface area contributed by atoms with Crippen molar-refractivity contribution < 1.29 is 14.6 Å². The summed E-state index contributed by atoms with van der Waals surface area (Å²) in [6, 6.07) is 5.80. The van der Waals surface area contributed by atoms with E-state index in [2.05, 4.69) is 5.32 Å². The van der Waals surface area contributed by atoms with E-state index in [1.165, 1.54) is 5.56 Å². The van der Waals surface area contributed by atoms with Crippen molar-refractivity contribution in [3.8, 4) is 5.75 Å². The first-order valence-corrected chi connectivity index (χ1v) is 6.67. The van der Waals surface area contributed by atoms with Crippen molar-refractivity contribution in [3.63, 3.8) is 0 Å². The molecular weight excluding hydrogens is 242 g/mol. The lowest BCUT2D eigenvalue weighted by Gasteiger charge is -2.14. The van der Waals surface area contributed by atoms with Gasteiger partial charge in [-0.15, -0.1) is 0 Å². The van der Waals surface area contributed by atoms with Crippen LogP contribution in [0.1, 0.15) is 30.9 Å². The van der Waals surface area contributed by atoms with Gasteiger partial charge in [-0.25, -0.2) is 0 Å². The van der Waals surface area contributed by atoms with Gasteiger partial charge >= 0.3 is 0 Å². The Hall–Kier alpha value is -1.55. The second-order valence-corrected chi connectivity index (χ2v) is 4.72. The summed E-state index contributed by atoms with van der Waals surface area (Å²) in [4.78, 5) is 11.6. The summed E-state index contributed by atoms with van der Waals surface area (Å²) >= 11 is 0. The molecule has 0 saturated carbocycles. The minimum absolute atomic E-state index is 0.0276. The van der Waals surface area contributed by atoms with Crippen molar-refractivity contribution in [3.05, 3.63) is 29.3 Å². The number of hydrogen-bond acceptors (Lipinski definition) is 3. The maximum atomic E-state index is 11.6. The Labute approximate surface area is 114 Å². The summed E-state index contributed by atoms with van der Waals surface area (Å²) in [5.41, 5.74) is 2.26. The van der Waals surface area contributed by atoms with E-state index in [0.29, 0.717) is 13.0 Å². The fourth-order valence-electron chi connectivity index (χ4n) is 1.79. The lowest BCUT2D eigenvalue weighted by molar-refractivity contribution is -0.122. The van der Waals surface area contributed by atoms with E-state index >= 15 is 0 Å². The number of aliphatic hydroxyl groups is 1. The molecule has 0 heterocycles. The van der Waals surface area contributed by atoms with Crippen LogP contribution in [0.5, 0.6) is 5.75 Å². The minimum Gasteiger partial charge on any atom is -0.493 e. The van der Waals surface area contributed by atoms with Crippen molar-refractivity contribution in [1.29, 1.82) is 0 Å². The SMILES string of the molecule is CCC(CO)NC(=O)CCOc1ccc(C)cc1C. The van der Waals surface area contributed by atoms with Gasteiger partial charge in [-0.05, 0) is 31.9 Å². The second kappa shape index (κ2) is 7.79. The third kappa shape index (κ3) is 5.30. The first-order valence-electron chi connectivity index (χ1n) is 6.67. The largest absolute Gasteiger partial charge is 0.493 e. The number of aryl methyl sites for hydroxylation is 2. The molecule has 19 heavy (non-hydrogen) atoms. The maximum Gasteiger partial charge on any atom is 0.223 e. The summed E-state index contributed by atoms with van der Waals surface area (Å²) in [5, 5.41) is 11.8. The molecule has 106 valence electrons. The number of carbonyl (C=O) groups is 1. The van der Waals surface area contributed by atoms with Crippen LogP contribution >= 0.6 is 0 Å². The topological polar surface area (TPSA) is 58.6 Å². The number of benzene rings is 1. The van der Waals surface area contributed by atoms with Crippen molar-refractivity contribution in [2.45, 2.75) is 39.7 Å². The first kappa shape index (κ1) is 15.5. The zero-order chi connectivity index (χ0) is 14.3. The number of hydrogen-bond donors (Lipinski definition) is 2. The molecule has 1 aromatic rings. The Morgan fingerprint density at radius 1 is 1.42 bits per heavy atom. The molecule has 0 aliphatic rings. The van der Waals surface area contributed by atoms with Crippen LogP contribution < -0.4 is 10.1 Å². The number of rotatable bonds is 7. The predicted octanol–water partition coefficient (Wildman–Crippen LogP) is 1.96. The van der Waals surface area contributed by atoms with Crippen molar-refractivity contribution in [2.75, 3.05) is 13.2 Å². The molecule has 0 aromatic heterocycles. The Bertz CT molecular complexity index is 414. The van der Waals surface area contributed by atoms with Crippen LogP contribution in [0.25, 0.3) is 0 Å². The molecule has 4 nitrogen and oxygen atoms in total. The average Bonchev–Trinajstić information content (AvgIpc) is 2.38. The number of aliphatic hydroxyl groups excluding tert-OH is 1. The molecule has 1 amide bonds. The van der Waals surface area contributed by atoms with Crippen LogP contribution in [0.15, 0.2) is 18.2 Å². The molecule has 2 N–H and O–H groups in total. The van der Waals surface area contributed by atoms with Crippen molar-refractivity contribution in [2.24, 2.45) is 0 Å². The van der Waals surface area contributed by atoms with Crippen LogP contribution in [-0.2, 0) is 4.79 Å². The summed E-state index contributed by atoms with van der Waals surface area (Å²) in [5.74, 6) is 0.721. The molecule has 4 heteroatoms. The number of nitrogens with one attached hydrogen (secondary N) is 1. The predicted molar refractivity (Wildman–Crippen MR) is 75.3 cm³/mol. The van der Waals surface area contributed by atoms with E-state index in [9.17, 15) is 4.79 Å². The van der Waals surface area contributed by atoms with Gasteiger partial charge in [0.15, 0.2) is 0 Å². The van der Waals surface area contributed by atoms with Gasteiger partial charge < -0.3 is 15.2 Å². The van der Waals surface area contributed by atoms with Gasteiger partial charge in [-0.3, -0.25) is 4.79 Å². The molecule has 0 saturated heterocycles. The molecule has 0 aliphatic heterocycles. The van der Waals surface area contributed by atoms with E-state index in [4.69, 9.17) is 9.84 Å². The van der Waals surface area contributed by atoms with Gasteiger partial charge in [0.25, 0.3) is 0 Å². The maximum absolute atomic E-state index is 11.6. The van der Waals surface area contributed by atoms with Crippen molar-refractivity contribution >= 4 is 5.91 Å². The second-order valence-electron chi connectivity index (χ2n) is 4.72. The Kier molecular flexibility index (Phi) is 6.36. The van der Waals surface area contributed by atoms with Gasteiger partial charge in [0.05, 0.1) is 25.7 Å². The average molecular weight is 265 g/mol. The molecule has 0 aliphatic carbocycles. The summed E-state index contributed by atoms with van der Waals surface area (Å²) < 4.78 is 5.59. The highest BCUT2D eigenvalue weighted by molar-refractivity contribution is 5.76. The van der Waals surface area contributed by atoms with Gasteiger partial charge in [-0.1, -0.05) is 24.6 Å². The molecule has 1 unspecified atom stereocenters. The molecule has 0 fully saturated rings. The fourth-order valence-corrected chi connectivity index (χ4v) is 1.79. The highest BCUT2D eigenvalue weighted by Gasteiger charge is 2.09. The first-order chi connectivity index (χ1) is 9.06. The molecular formula is C15H23NO3. The Morgan fingerprint density at radius 3 is 2.74 bits per heavy atom. The minimum atomic E-state index is -0.159. The molecule has 1 rings (SSSR count). The van der Waals surface area contributed by atoms with Crippen molar-refractivity contribution in [1.82, 2.24) is 5.32 Å². The third-order valence-corrected chi connectivity index (χ3v) is 3.00. The molecule has 1 aromatic carbocycles. The molecule has 0 radical (unpaired) electrons. The Balaban J connectivity index is 2.35. The van der Waals surface area contributed by atoms with Gasteiger partial charge in [0.2, 0.25) is 5.91 Å². The monoisotopic (exact) mass is 265 g/mol. The van der Waals surface area contributed by atoms with Crippen LogP contribution in [0.2, 0.25) is 0 Å². The van der Waals surface area contributed by atoms with E-state index in [1.807, 2.05) is 39.0 Å². The van der Waals surface area contributed by atoms with Crippen LogP contribution in [-0.4, -0.2) is 30.3 Å². The highest BCUT2D eigenvalue weighted by atomic mass is 16.5. The summed E-state index contributed by atoms with van der Waals surface area (Å²) in [6.45, 7) is 6.26. The van der Waals surface area contributed by atoms with E-state index < -0.39 is 0 Å². The third-order valence-electron chi connectivity index (χ3n) is 3.00. The lowest BCUT2D eigenvalue weighted by Crippen LogP contribution is -2.37. The standard InChI is InChI=1S/C15H23NO3/c1-4-13(10-17)16-15(18)7-8-19-14-6-5-11(2)9-12(14)3/h5-6,9,13,17H,4,7-8,10H2,1-3H3,(H,16,18). The summed E-state index contributed by atoms with van der Waals surface area (Å²) in [6.07, 6.45) is 1.02. The van der Waals surface area contributed by atoms with Crippen LogP contribution in [0.4, 0.5) is 0 Å². The molecule has 0 bridgehead atoms. The fraction of sp³-hybridized carbons (Fsp3) is 0.533. The van der Waals surface area contributed by atoms with E-state index in [0.717, 1.165) is 17.7 Å². The zero-order valence-corrected chi connectivity index (χ0v) is 11.9. The van der Waals surface area contributed by atoms with E-state index in [-0.39, 0.29) is 18.6 Å². The Morgan fingerprint density at radius 2 is 2.16 bits per heavy atom. The van der Waals surface area contributed by atoms with E-state index in [1.54, 1.807) is 0 Å². The van der Waals surface area contributed by atoms with Gasteiger partial charge in [0, 0.05) is 0 Å². The smallest absolute Gasteiger partial charge is 0.223 e. The lowest BCUT2D eigenvalue weighted by atomic mass is 10.1. The van der Waals surface area contributed by atoms with Crippen LogP contribution in [0.3, 0.4) is 0 Å². The molecule has 0 spiro atoms. The number of ether oxygens (including phenoxy) is 1. The van der Waals surface area contributed by atoms with Gasteiger partial charge in [-0.2, -0.15) is 0 Å². The normalized spacial score (nSPS) is 12.0. The molecule has 1 atom stereocenters. The highest BCUT2D eigenvalue weighted by Crippen LogP contribution is 2.18. The van der Waals surface area contributed by atoms with Crippen LogP contribution in [0, 0.1) is 13.8 Å². The summed E-state index contributed by atoms with van der Waals surface area (Å²) in [7, 11) is 0. The number of carbonyl (C=O) groups excluding carboxylic acids is 1. The zero-order valence-electron chi connectivity index (χ0n) is 11.9. The quantitative estimate of drug-likeness (QED) is 0.792. The van der Waals surface area contributed by atoms with Gasteiger partial charge in [0.1, 0.15) is 5.75 Å².